The molecule has 0 N–H and O–H groups in total. The van der Waals surface area contributed by atoms with Crippen molar-refractivity contribution in [3.05, 3.63) is 5.82 Å². The molecule has 5 nitrogen and oxygen atoms in total. The van der Waals surface area contributed by atoms with Gasteiger partial charge in [0, 0.05) is 12.8 Å². The third kappa shape index (κ3) is 2.75. The van der Waals surface area contributed by atoms with Gasteiger partial charge in [-0.25, -0.2) is 0 Å². The highest BCUT2D eigenvalue weighted by molar-refractivity contribution is 7.99. The van der Waals surface area contributed by atoms with Crippen LogP contribution in [0.15, 0.2) is 5.16 Å². The first-order valence-electron chi connectivity index (χ1n) is 4.95. The predicted octanol–water partition coefficient (Wildman–Crippen LogP) is 1.41. The molecule has 1 heterocycles. The number of esters is 1. The number of ether oxygens (including phenoxy) is 1. The fourth-order valence-electron chi connectivity index (χ4n) is 1.09. The third-order valence-corrected chi connectivity index (χ3v) is 3.83. The first-order chi connectivity index (χ1) is 7.38. The molecule has 0 fully saturated rings. The Hall–Kier alpha value is -1.04. The molecular weight excluding hydrogens is 226 g/mol. The minimum atomic E-state index is -0.515. The molecule has 6 heteroatoms. The molecule has 0 bridgehead atoms. The normalized spacial score (nSPS) is 11.6. The minimum Gasteiger partial charge on any atom is -0.469 e. The molecular formula is C10H17N3O2S. The van der Waals surface area contributed by atoms with Crippen molar-refractivity contribution in [2.24, 2.45) is 12.5 Å². The van der Waals surface area contributed by atoms with Crippen molar-refractivity contribution in [3.63, 3.8) is 0 Å². The molecule has 0 saturated heterocycles. The van der Waals surface area contributed by atoms with Crippen molar-refractivity contribution in [1.82, 2.24) is 14.8 Å². The van der Waals surface area contributed by atoms with E-state index in [4.69, 9.17) is 4.74 Å². The van der Waals surface area contributed by atoms with Crippen LogP contribution in [0.4, 0.5) is 0 Å². The van der Waals surface area contributed by atoms with Gasteiger partial charge in [0.1, 0.15) is 5.82 Å². The molecule has 90 valence electrons. The monoisotopic (exact) mass is 243 g/mol. The smallest absolute Gasteiger partial charge is 0.312 e. The van der Waals surface area contributed by atoms with Crippen LogP contribution in [-0.2, 0) is 16.6 Å². The predicted molar refractivity (Wildman–Crippen MR) is 62.3 cm³/mol. The highest BCUT2D eigenvalue weighted by Gasteiger charge is 2.29. The molecule has 0 amide bonds. The molecule has 0 spiro atoms. The number of methoxy groups -OCH3 is 1. The summed E-state index contributed by atoms with van der Waals surface area (Å²) in [4.78, 5) is 11.5. The Kier molecular flexibility index (Phi) is 3.96. The Balaban J connectivity index is 2.64. The number of hydrogen-bond donors (Lipinski definition) is 0. The number of hydrogen-bond acceptors (Lipinski definition) is 5. The summed E-state index contributed by atoms with van der Waals surface area (Å²) in [6.45, 7) is 5.60. The van der Waals surface area contributed by atoms with Crippen molar-refractivity contribution in [2.75, 3.05) is 12.9 Å². The van der Waals surface area contributed by atoms with Gasteiger partial charge in [0.15, 0.2) is 5.16 Å². The Morgan fingerprint density at radius 1 is 1.50 bits per heavy atom. The van der Waals surface area contributed by atoms with E-state index in [-0.39, 0.29) is 5.97 Å². The lowest BCUT2D eigenvalue weighted by Crippen LogP contribution is -2.28. The van der Waals surface area contributed by atoms with Crippen LogP contribution in [0.1, 0.15) is 19.7 Å². The van der Waals surface area contributed by atoms with Crippen molar-refractivity contribution in [2.45, 2.75) is 25.9 Å². The maximum absolute atomic E-state index is 11.5. The van der Waals surface area contributed by atoms with E-state index in [1.165, 1.54) is 18.9 Å². The highest BCUT2D eigenvalue weighted by Crippen LogP contribution is 2.27. The molecule has 0 atom stereocenters. The summed E-state index contributed by atoms with van der Waals surface area (Å²) < 4.78 is 6.64. The van der Waals surface area contributed by atoms with E-state index in [0.717, 1.165) is 11.0 Å². The van der Waals surface area contributed by atoms with Gasteiger partial charge in [-0.05, 0) is 20.8 Å². The molecule has 1 rings (SSSR count). The maximum Gasteiger partial charge on any atom is 0.312 e. The summed E-state index contributed by atoms with van der Waals surface area (Å²) in [5.41, 5.74) is -0.515. The first kappa shape index (κ1) is 13.0. The van der Waals surface area contributed by atoms with Crippen LogP contribution in [0.25, 0.3) is 0 Å². The van der Waals surface area contributed by atoms with Crippen LogP contribution < -0.4 is 0 Å². The summed E-state index contributed by atoms with van der Waals surface area (Å²) in [6.07, 6.45) is 0. The molecule has 0 saturated carbocycles. The van der Waals surface area contributed by atoms with Crippen LogP contribution in [0.2, 0.25) is 0 Å². The van der Waals surface area contributed by atoms with Gasteiger partial charge in [-0.1, -0.05) is 11.8 Å². The topological polar surface area (TPSA) is 57.0 Å². The van der Waals surface area contributed by atoms with Gasteiger partial charge < -0.3 is 9.30 Å². The molecule has 0 aliphatic heterocycles. The molecule has 16 heavy (non-hydrogen) atoms. The maximum atomic E-state index is 11.5. The summed E-state index contributed by atoms with van der Waals surface area (Å²) in [5, 5.41) is 8.80. The lowest BCUT2D eigenvalue weighted by molar-refractivity contribution is -0.149. The van der Waals surface area contributed by atoms with Crippen molar-refractivity contribution < 1.29 is 9.53 Å². The second kappa shape index (κ2) is 4.86. The summed E-state index contributed by atoms with van der Waals surface area (Å²) in [7, 11) is 3.31. The van der Waals surface area contributed by atoms with Crippen LogP contribution >= 0.6 is 11.8 Å². The zero-order valence-electron chi connectivity index (χ0n) is 10.3. The Morgan fingerprint density at radius 2 is 2.12 bits per heavy atom. The number of thioether (sulfide) groups is 1. The second-order valence-corrected chi connectivity index (χ2v) is 5.20. The number of aryl methyl sites for hydroxylation is 1. The van der Waals surface area contributed by atoms with Gasteiger partial charge >= 0.3 is 5.97 Å². The highest BCUT2D eigenvalue weighted by atomic mass is 32.2. The Morgan fingerprint density at radius 3 is 2.56 bits per heavy atom. The lowest BCUT2D eigenvalue weighted by Gasteiger charge is -2.20. The van der Waals surface area contributed by atoms with E-state index >= 15 is 0 Å². The minimum absolute atomic E-state index is 0.209. The molecule has 0 aromatic carbocycles. The number of carbonyl (C=O) groups excluding carboxylic acids is 1. The Labute approximate surface area is 99.6 Å². The molecule has 0 radical (unpaired) electrons. The van der Waals surface area contributed by atoms with Crippen LogP contribution in [0.3, 0.4) is 0 Å². The molecule has 0 unspecified atom stereocenters. The fraction of sp³-hybridized carbons (Fsp3) is 0.700. The largest absolute Gasteiger partial charge is 0.469 e. The van der Waals surface area contributed by atoms with Crippen molar-refractivity contribution in [3.8, 4) is 0 Å². The van der Waals surface area contributed by atoms with Crippen molar-refractivity contribution in [1.29, 1.82) is 0 Å². The van der Waals surface area contributed by atoms with Gasteiger partial charge in [-0.15, -0.1) is 10.2 Å². The number of aromatic nitrogens is 3. The average molecular weight is 243 g/mol. The summed E-state index contributed by atoms with van der Waals surface area (Å²) in [6, 6.07) is 0. The van der Waals surface area contributed by atoms with Gasteiger partial charge in [-0.2, -0.15) is 0 Å². The standard InChI is InChI=1S/C10H17N3O2S/c1-7-11-12-9(13(7)4)16-6-10(2,3)8(14)15-5/h6H2,1-5H3. The Bertz CT molecular complexity index is 387. The fourth-order valence-corrected chi connectivity index (χ4v) is 2.13. The summed E-state index contributed by atoms with van der Waals surface area (Å²) in [5.74, 6) is 1.27. The van der Waals surface area contributed by atoms with Gasteiger partial charge in [0.2, 0.25) is 0 Å². The van der Waals surface area contributed by atoms with E-state index in [2.05, 4.69) is 10.2 Å². The van der Waals surface area contributed by atoms with Crippen LogP contribution in [-0.4, -0.2) is 33.6 Å². The molecule has 1 aromatic rings. The van der Waals surface area contributed by atoms with Gasteiger partial charge in [0.25, 0.3) is 0 Å². The first-order valence-corrected chi connectivity index (χ1v) is 5.94. The number of nitrogens with zero attached hydrogens (tertiary/aromatic N) is 3. The quantitative estimate of drug-likeness (QED) is 0.591. The zero-order chi connectivity index (χ0) is 12.3. The van der Waals surface area contributed by atoms with E-state index in [9.17, 15) is 4.79 Å². The van der Waals surface area contributed by atoms with Crippen LogP contribution in [0, 0.1) is 12.3 Å². The lowest BCUT2D eigenvalue weighted by atomic mass is 9.97. The average Bonchev–Trinajstić information content (AvgIpc) is 2.56. The molecule has 1 aromatic heterocycles. The zero-order valence-corrected chi connectivity index (χ0v) is 11.1. The molecule has 0 aliphatic carbocycles. The number of carbonyl (C=O) groups is 1. The van der Waals surface area contributed by atoms with Crippen LogP contribution in [0.5, 0.6) is 0 Å². The van der Waals surface area contributed by atoms with E-state index < -0.39 is 5.41 Å². The third-order valence-electron chi connectivity index (χ3n) is 2.35. The van der Waals surface area contributed by atoms with Crippen molar-refractivity contribution >= 4 is 17.7 Å². The second-order valence-electron chi connectivity index (χ2n) is 4.25. The molecule has 0 aliphatic rings. The number of rotatable bonds is 4. The van der Waals surface area contributed by atoms with Gasteiger partial charge in [0.05, 0.1) is 12.5 Å². The van der Waals surface area contributed by atoms with E-state index in [1.54, 1.807) is 0 Å². The SMILES string of the molecule is COC(=O)C(C)(C)CSc1nnc(C)n1C. The van der Waals surface area contributed by atoms with Gasteiger partial charge in [-0.3, -0.25) is 4.79 Å². The van der Waals surface area contributed by atoms with E-state index in [0.29, 0.717) is 5.75 Å². The summed E-state index contributed by atoms with van der Waals surface area (Å²) >= 11 is 1.51. The van der Waals surface area contributed by atoms with E-state index in [1.807, 2.05) is 32.4 Å².